The summed E-state index contributed by atoms with van der Waals surface area (Å²) in [5.41, 5.74) is 8.00. The lowest BCUT2D eigenvalue weighted by Crippen LogP contribution is -2.30. The Labute approximate surface area is 139 Å². The molecule has 0 saturated carbocycles. The second-order valence-corrected chi connectivity index (χ2v) is 6.54. The summed E-state index contributed by atoms with van der Waals surface area (Å²) in [6, 6.07) is 17.4. The molecule has 0 aromatic heterocycles. The molecular formula is C18H18N2O2S. The third kappa shape index (κ3) is 3.56. The van der Waals surface area contributed by atoms with Crippen LogP contribution in [0, 0.1) is 0 Å². The van der Waals surface area contributed by atoms with Crippen molar-refractivity contribution in [3.8, 4) is 0 Å². The molecule has 23 heavy (non-hydrogen) atoms. The molecule has 1 aliphatic rings. The maximum atomic E-state index is 12.2. The van der Waals surface area contributed by atoms with Gasteiger partial charge in [-0.15, -0.1) is 11.8 Å². The molecule has 2 N–H and O–H groups in total. The normalized spacial score (nSPS) is 17.5. The minimum absolute atomic E-state index is 0.00754. The molecule has 0 radical (unpaired) electrons. The van der Waals surface area contributed by atoms with Gasteiger partial charge >= 0.3 is 0 Å². The third-order valence-electron chi connectivity index (χ3n) is 3.93. The van der Waals surface area contributed by atoms with Crippen LogP contribution in [0.15, 0.2) is 54.6 Å². The monoisotopic (exact) mass is 326 g/mol. The van der Waals surface area contributed by atoms with E-state index in [9.17, 15) is 9.59 Å². The molecule has 0 unspecified atom stereocenters. The van der Waals surface area contributed by atoms with E-state index in [2.05, 4.69) is 12.1 Å². The summed E-state index contributed by atoms with van der Waals surface area (Å²) >= 11 is 1.62. The molecule has 118 valence electrons. The van der Waals surface area contributed by atoms with Crippen molar-refractivity contribution < 1.29 is 9.59 Å². The molecule has 2 amide bonds. The van der Waals surface area contributed by atoms with Gasteiger partial charge in [0, 0.05) is 12.1 Å². The Morgan fingerprint density at radius 3 is 2.48 bits per heavy atom. The van der Waals surface area contributed by atoms with E-state index in [0.29, 0.717) is 17.9 Å². The van der Waals surface area contributed by atoms with E-state index >= 15 is 0 Å². The average molecular weight is 326 g/mol. The number of nitrogens with zero attached hydrogens (tertiary/aromatic N) is 1. The zero-order chi connectivity index (χ0) is 16.2. The van der Waals surface area contributed by atoms with Crippen LogP contribution in [0.1, 0.15) is 26.9 Å². The number of carbonyl (C=O) groups is 2. The molecule has 1 saturated heterocycles. The van der Waals surface area contributed by atoms with E-state index in [1.165, 1.54) is 5.56 Å². The Morgan fingerprint density at radius 2 is 1.83 bits per heavy atom. The highest BCUT2D eigenvalue weighted by molar-refractivity contribution is 8.00. The SMILES string of the molecule is NC(=O)c1ccc([C@@H]2SCC(=O)N2CCc2ccccc2)cc1. The van der Waals surface area contributed by atoms with Crippen LogP contribution in [0.25, 0.3) is 0 Å². The fourth-order valence-electron chi connectivity index (χ4n) is 2.68. The van der Waals surface area contributed by atoms with Gasteiger partial charge in [-0.3, -0.25) is 9.59 Å². The van der Waals surface area contributed by atoms with Crippen LogP contribution in [0.5, 0.6) is 0 Å². The fraction of sp³-hybridized carbons (Fsp3) is 0.222. The molecule has 3 rings (SSSR count). The van der Waals surface area contributed by atoms with Gasteiger partial charge in [0.2, 0.25) is 11.8 Å². The summed E-state index contributed by atoms with van der Waals surface area (Å²) in [4.78, 5) is 25.3. The Kier molecular flexibility index (Phi) is 4.67. The smallest absolute Gasteiger partial charge is 0.248 e. The van der Waals surface area contributed by atoms with Gasteiger partial charge in [0.15, 0.2) is 0 Å². The van der Waals surface area contributed by atoms with E-state index in [0.717, 1.165) is 12.0 Å². The van der Waals surface area contributed by atoms with Crippen LogP contribution < -0.4 is 5.73 Å². The van der Waals surface area contributed by atoms with Crippen LogP contribution in [-0.2, 0) is 11.2 Å². The highest BCUT2D eigenvalue weighted by Crippen LogP contribution is 2.38. The minimum atomic E-state index is -0.437. The Balaban J connectivity index is 1.72. The van der Waals surface area contributed by atoms with Crippen molar-refractivity contribution in [2.75, 3.05) is 12.3 Å². The maximum Gasteiger partial charge on any atom is 0.248 e. The molecule has 0 bridgehead atoms. The van der Waals surface area contributed by atoms with Gasteiger partial charge in [-0.2, -0.15) is 0 Å². The molecule has 2 aromatic carbocycles. The van der Waals surface area contributed by atoms with Gasteiger partial charge in [-0.1, -0.05) is 42.5 Å². The molecular weight excluding hydrogens is 308 g/mol. The van der Waals surface area contributed by atoms with Crippen molar-refractivity contribution in [3.05, 3.63) is 71.3 Å². The van der Waals surface area contributed by atoms with Crippen molar-refractivity contribution in [2.45, 2.75) is 11.8 Å². The number of rotatable bonds is 5. The van der Waals surface area contributed by atoms with Crippen molar-refractivity contribution in [3.63, 3.8) is 0 Å². The number of carbonyl (C=O) groups excluding carboxylic acids is 2. The van der Waals surface area contributed by atoms with Crippen LogP contribution in [0.2, 0.25) is 0 Å². The molecule has 2 aromatic rings. The van der Waals surface area contributed by atoms with Crippen molar-refractivity contribution in [1.82, 2.24) is 4.90 Å². The van der Waals surface area contributed by atoms with E-state index < -0.39 is 5.91 Å². The Morgan fingerprint density at radius 1 is 1.13 bits per heavy atom. The number of thioether (sulfide) groups is 1. The number of primary amides is 1. The summed E-state index contributed by atoms with van der Waals surface area (Å²) in [6.45, 7) is 0.693. The molecule has 0 aliphatic carbocycles. The van der Waals surface area contributed by atoms with Crippen molar-refractivity contribution in [2.24, 2.45) is 5.73 Å². The van der Waals surface area contributed by atoms with E-state index in [1.54, 1.807) is 23.9 Å². The zero-order valence-electron chi connectivity index (χ0n) is 12.6. The fourth-order valence-corrected chi connectivity index (χ4v) is 3.90. The molecule has 4 nitrogen and oxygen atoms in total. The van der Waals surface area contributed by atoms with Gasteiger partial charge in [0.1, 0.15) is 5.37 Å². The first kappa shape index (κ1) is 15.6. The van der Waals surface area contributed by atoms with Crippen LogP contribution in [-0.4, -0.2) is 29.0 Å². The van der Waals surface area contributed by atoms with Crippen LogP contribution in [0.4, 0.5) is 0 Å². The minimum Gasteiger partial charge on any atom is -0.366 e. The number of hydrogen-bond acceptors (Lipinski definition) is 3. The number of amides is 2. The highest BCUT2D eigenvalue weighted by Gasteiger charge is 2.32. The topological polar surface area (TPSA) is 63.4 Å². The summed E-state index contributed by atoms with van der Waals surface area (Å²) < 4.78 is 0. The summed E-state index contributed by atoms with van der Waals surface area (Å²) in [5.74, 6) is 0.222. The average Bonchev–Trinajstić information content (AvgIpc) is 2.95. The lowest BCUT2D eigenvalue weighted by atomic mass is 10.1. The van der Waals surface area contributed by atoms with E-state index in [-0.39, 0.29) is 11.3 Å². The second kappa shape index (κ2) is 6.87. The number of hydrogen-bond donors (Lipinski definition) is 1. The van der Waals surface area contributed by atoms with Gasteiger partial charge in [-0.25, -0.2) is 0 Å². The summed E-state index contributed by atoms with van der Waals surface area (Å²) in [5, 5.41) is 0.00754. The summed E-state index contributed by atoms with van der Waals surface area (Å²) in [7, 11) is 0. The molecule has 1 heterocycles. The standard InChI is InChI=1S/C18H18N2O2S/c19-17(22)14-6-8-15(9-7-14)18-20(16(21)12-23-18)11-10-13-4-2-1-3-5-13/h1-9,18H,10-12H2,(H2,19,22)/t18-/m0/s1. The van der Waals surface area contributed by atoms with Gasteiger partial charge in [-0.05, 0) is 29.7 Å². The second-order valence-electron chi connectivity index (χ2n) is 5.47. The van der Waals surface area contributed by atoms with Crippen molar-refractivity contribution in [1.29, 1.82) is 0 Å². The molecule has 1 atom stereocenters. The number of benzene rings is 2. The first-order valence-electron chi connectivity index (χ1n) is 7.50. The van der Waals surface area contributed by atoms with Gasteiger partial charge < -0.3 is 10.6 Å². The zero-order valence-corrected chi connectivity index (χ0v) is 13.5. The van der Waals surface area contributed by atoms with Gasteiger partial charge in [0.05, 0.1) is 5.75 Å². The predicted octanol–water partition coefficient (Wildman–Crippen LogP) is 2.60. The Hall–Kier alpha value is -2.27. The molecule has 1 fully saturated rings. The largest absolute Gasteiger partial charge is 0.366 e. The maximum absolute atomic E-state index is 12.2. The van der Waals surface area contributed by atoms with Crippen molar-refractivity contribution >= 4 is 23.6 Å². The molecule has 0 spiro atoms. The first-order valence-corrected chi connectivity index (χ1v) is 8.55. The third-order valence-corrected chi connectivity index (χ3v) is 5.19. The first-order chi connectivity index (χ1) is 11.1. The van der Waals surface area contributed by atoms with Crippen LogP contribution in [0.3, 0.4) is 0 Å². The van der Waals surface area contributed by atoms with Crippen LogP contribution >= 0.6 is 11.8 Å². The van der Waals surface area contributed by atoms with Gasteiger partial charge in [0.25, 0.3) is 0 Å². The van der Waals surface area contributed by atoms with E-state index in [4.69, 9.17) is 5.73 Å². The lowest BCUT2D eigenvalue weighted by molar-refractivity contribution is -0.128. The highest BCUT2D eigenvalue weighted by atomic mass is 32.2. The predicted molar refractivity (Wildman–Crippen MR) is 92.0 cm³/mol. The lowest BCUT2D eigenvalue weighted by Gasteiger charge is -2.24. The summed E-state index contributed by atoms with van der Waals surface area (Å²) in [6.07, 6.45) is 0.836. The molecule has 5 heteroatoms. The molecule has 1 aliphatic heterocycles. The number of nitrogens with two attached hydrogens (primary N) is 1. The Bertz CT molecular complexity index is 701. The quantitative estimate of drug-likeness (QED) is 0.918. The van der Waals surface area contributed by atoms with E-state index in [1.807, 2.05) is 35.2 Å².